The van der Waals surface area contributed by atoms with Gasteiger partial charge in [0.2, 0.25) is 5.91 Å². The number of rotatable bonds is 10. The summed E-state index contributed by atoms with van der Waals surface area (Å²) in [5.41, 5.74) is 2.42. The summed E-state index contributed by atoms with van der Waals surface area (Å²) < 4.78 is 31.7. The topological polar surface area (TPSA) is 97.4 Å². The number of hydrogen-bond acceptors (Lipinski definition) is 8. The van der Waals surface area contributed by atoms with Gasteiger partial charge in [-0.2, -0.15) is 0 Å². The predicted octanol–water partition coefficient (Wildman–Crippen LogP) is 6.08. The van der Waals surface area contributed by atoms with E-state index in [1.807, 2.05) is 25.1 Å². The molecule has 3 aromatic carbocycles. The van der Waals surface area contributed by atoms with E-state index in [9.17, 15) is 18.8 Å². The molecule has 0 atom stereocenters. The molecule has 0 saturated carbocycles. The highest BCUT2D eigenvalue weighted by atomic mass is 79.9. The van der Waals surface area contributed by atoms with Crippen LogP contribution in [0, 0.1) is 5.82 Å². The van der Waals surface area contributed by atoms with E-state index in [1.165, 1.54) is 6.07 Å². The van der Waals surface area contributed by atoms with Gasteiger partial charge in [0.1, 0.15) is 19.0 Å². The molecular formula is C31H29BrFN3O6S. The smallest absolute Gasteiger partial charge is 0.294 e. The molecular weight excluding hydrogens is 641 g/mol. The van der Waals surface area contributed by atoms with E-state index in [2.05, 4.69) is 26.1 Å². The Kier molecular flexibility index (Phi) is 10.0. The zero-order chi connectivity index (χ0) is 30.3. The van der Waals surface area contributed by atoms with Crippen molar-refractivity contribution in [2.24, 2.45) is 0 Å². The highest BCUT2D eigenvalue weighted by Crippen LogP contribution is 2.40. The number of nitrogens with zero attached hydrogens (tertiary/aromatic N) is 2. The quantitative estimate of drug-likeness (QED) is 0.260. The lowest BCUT2D eigenvalue weighted by atomic mass is 10.1. The predicted molar refractivity (Wildman–Crippen MR) is 167 cm³/mol. The molecule has 43 heavy (non-hydrogen) atoms. The molecule has 1 N–H and O–H groups in total. The second-order valence-corrected chi connectivity index (χ2v) is 11.4. The Bertz CT molecular complexity index is 1560. The van der Waals surface area contributed by atoms with Crippen LogP contribution in [0.5, 0.6) is 11.5 Å². The van der Waals surface area contributed by atoms with Gasteiger partial charge in [-0.15, -0.1) is 0 Å². The van der Waals surface area contributed by atoms with Crippen LogP contribution in [0.3, 0.4) is 0 Å². The Hall–Kier alpha value is -3.87. The molecule has 3 amide bonds. The van der Waals surface area contributed by atoms with Crippen molar-refractivity contribution in [3.63, 3.8) is 0 Å². The first-order valence-corrected chi connectivity index (χ1v) is 15.2. The lowest BCUT2D eigenvalue weighted by Gasteiger charge is -2.30. The van der Waals surface area contributed by atoms with Gasteiger partial charge in [0.05, 0.1) is 40.6 Å². The molecule has 0 spiro atoms. The molecule has 2 aliphatic heterocycles. The highest BCUT2D eigenvalue weighted by Gasteiger charge is 2.36. The van der Waals surface area contributed by atoms with Gasteiger partial charge in [-0.1, -0.05) is 30.3 Å². The number of thioether (sulfide) groups is 1. The number of hydrogen-bond donors (Lipinski definition) is 1. The molecule has 5 rings (SSSR count). The number of halogens is 2. The summed E-state index contributed by atoms with van der Waals surface area (Å²) in [5, 5.41) is 2.31. The maximum atomic E-state index is 14.1. The number of amides is 3. The van der Waals surface area contributed by atoms with Crippen LogP contribution >= 0.6 is 27.7 Å². The van der Waals surface area contributed by atoms with Gasteiger partial charge in [-0.25, -0.2) is 4.39 Å². The second kappa shape index (κ2) is 14.1. The number of morpholine rings is 1. The van der Waals surface area contributed by atoms with Crippen molar-refractivity contribution in [1.82, 2.24) is 4.90 Å². The van der Waals surface area contributed by atoms with Gasteiger partial charge in [0.15, 0.2) is 11.5 Å². The molecule has 2 heterocycles. The normalized spacial score (nSPS) is 16.1. The molecule has 0 unspecified atom stereocenters. The van der Waals surface area contributed by atoms with E-state index >= 15 is 0 Å². The van der Waals surface area contributed by atoms with Gasteiger partial charge in [0.25, 0.3) is 11.1 Å². The highest BCUT2D eigenvalue weighted by molar-refractivity contribution is 9.10. The first kappa shape index (κ1) is 30.6. The van der Waals surface area contributed by atoms with Crippen LogP contribution < -0.4 is 19.7 Å². The van der Waals surface area contributed by atoms with Crippen LogP contribution in [0.25, 0.3) is 6.08 Å². The number of anilines is 2. The van der Waals surface area contributed by atoms with Gasteiger partial charge in [-0.05, 0) is 76.6 Å². The third-order valence-corrected chi connectivity index (χ3v) is 8.16. The van der Waals surface area contributed by atoms with Crippen molar-refractivity contribution in [2.45, 2.75) is 13.5 Å². The summed E-state index contributed by atoms with van der Waals surface area (Å²) in [4.78, 5) is 42.1. The molecule has 0 aromatic heterocycles. The van der Waals surface area contributed by atoms with E-state index in [0.717, 1.165) is 22.3 Å². The molecule has 3 aromatic rings. The molecule has 224 valence electrons. The second-order valence-electron chi connectivity index (χ2n) is 9.58. The Balaban J connectivity index is 1.28. The van der Waals surface area contributed by atoms with Crippen LogP contribution in [0.15, 0.2) is 70.0 Å². The summed E-state index contributed by atoms with van der Waals surface area (Å²) in [7, 11) is 0. The third kappa shape index (κ3) is 7.38. The van der Waals surface area contributed by atoms with Gasteiger partial charge < -0.3 is 24.4 Å². The molecule has 0 radical (unpaired) electrons. The van der Waals surface area contributed by atoms with E-state index in [4.69, 9.17) is 14.2 Å². The summed E-state index contributed by atoms with van der Waals surface area (Å²) >= 11 is 4.24. The van der Waals surface area contributed by atoms with Gasteiger partial charge in [0, 0.05) is 18.7 Å². The molecule has 0 aliphatic carbocycles. The van der Waals surface area contributed by atoms with Gasteiger partial charge >= 0.3 is 0 Å². The lowest BCUT2D eigenvalue weighted by molar-refractivity contribution is -0.127. The van der Waals surface area contributed by atoms with E-state index in [-0.39, 0.29) is 17.3 Å². The lowest BCUT2D eigenvalue weighted by Crippen LogP contribution is -2.38. The first-order chi connectivity index (χ1) is 20.8. The Labute approximate surface area is 261 Å². The maximum absolute atomic E-state index is 14.1. The number of carbonyl (C=O) groups is 3. The van der Waals surface area contributed by atoms with Gasteiger partial charge in [-0.3, -0.25) is 19.3 Å². The van der Waals surface area contributed by atoms with Crippen LogP contribution in [-0.2, 0) is 20.9 Å². The summed E-state index contributed by atoms with van der Waals surface area (Å²) in [6.07, 6.45) is 1.56. The molecule has 2 fully saturated rings. The largest absolute Gasteiger partial charge is 0.490 e. The molecule has 2 saturated heterocycles. The average molecular weight is 671 g/mol. The van der Waals surface area contributed by atoms with Crippen LogP contribution in [0.1, 0.15) is 18.1 Å². The third-order valence-electron chi connectivity index (χ3n) is 6.66. The summed E-state index contributed by atoms with van der Waals surface area (Å²) in [6.45, 7) is 4.30. The number of nitrogens with one attached hydrogen (secondary N) is 1. The van der Waals surface area contributed by atoms with Crippen molar-refractivity contribution >= 4 is 62.2 Å². The Morgan fingerprint density at radius 2 is 1.84 bits per heavy atom. The molecule has 12 heteroatoms. The molecule has 0 bridgehead atoms. The number of ether oxygens (including phenoxy) is 3. The van der Waals surface area contributed by atoms with E-state index in [1.54, 1.807) is 42.5 Å². The van der Waals surface area contributed by atoms with Crippen molar-refractivity contribution in [3.8, 4) is 11.5 Å². The minimum atomic E-state index is -0.569. The minimum absolute atomic E-state index is 0.0113. The zero-order valence-electron chi connectivity index (χ0n) is 23.3. The fourth-order valence-corrected chi connectivity index (χ4v) is 6.03. The van der Waals surface area contributed by atoms with Crippen molar-refractivity contribution in [1.29, 1.82) is 0 Å². The number of para-hydroxylation sites is 2. The Morgan fingerprint density at radius 3 is 2.60 bits per heavy atom. The fraction of sp³-hybridized carbons (Fsp3) is 0.258. The van der Waals surface area contributed by atoms with Crippen molar-refractivity contribution in [2.75, 3.05) is 49.7 Å². The standard InChI is InChI=1S/C31H29BrFN3O6S/c1-2-41-26-16-20(15-22(32)29(26)42-19-21-7-3-4-8-23(21)33)17-27-30(38)36(31(39)43-27)18-28(37)34-24-9-5-6-10-25(24)35-11-13-40-14-12-35/h3-10,15-17H,2,11-14,18-19H2,1H3,(H,34,37)/b27-17-. The van der Waals surface area contributed by atoms with E-state index < -0.39 is 23.6 Å². The number of carbonyl (C=O) groups excluding carboxylic acids is 3. The maximum Gasteiger partial charge on any atom is 0.294 e. The molecule has 2 aliphatic rings. The van der Waals surface area contributed by atoms with Crippen LogP contribution in [0.2, 0.25) is 0 Å². The fourth-order valence-electron chi connectivity index (χ4n) is 4.62. The average Bonchev–Trinajstić information content (AvgIpc) is 3.25. The summed E-state index contributed by atoms with van der Waals surface area (Å²) in [6, 6.07) is 17.1. The van der Waals surface area contributed by atoms with Crippen molar-refractivity contribution < 1.29 is 33.0 Å². The minimum Gasteiger partial charge on any atom is -0.490 e. The van der Waals surface area contributed by atoms with Crippen molar-refractivity contribution in [3.05, 3.63) is 87.0 Å². The SMILES string of the molecule is CCOc1cc(/C=C2\SC(=O)N(CC(=O)Nc3ccccc3N3CCOCC3)C2=O)cc(Br)c1OCc1ccccc1F. The summed E-state index contributed by atoms with van der Waals surface area (Å²) in [5.74, 6) is -0.664. The zero-order valence-corrected chi connectivity index (χ0v) is 25.7. The number of imide groups is 1. The number of benzene rings is 3. The van der Waals surface area contributed by atoms with E-state index in [0.29, 0.717) is 65.7 Å². The van der Waals surface area contributed by atoms with Crippen LogP contribution in [-0.4, -0.2) is 61.4 Å². The Morgan fingerprint density at radius 1 is 1.09 bits per heavy atom. The molecule has 9 nitrogen and oxygen atoms in total. The van der Waals surface area contributed by atoms with Crippen LogP contribution in [0.4, 0.5) is 20.6 Å². The monoisotopic (exact) mass is 669 g/mol. The first-order valence-electron chi connectivity index (χ1n) is 13.6.